The number of nitrogen functional groups attached to an aromatic ring is 3. The van der Waals surface area contributed by atoms with E-state index in [1.165, 1.54) is 0 Å². The van der Waals surface area contributed by atoms with E-state index < -0.39 is 0 Å². The number of aliphatic hydroxyl groups excluding tert-OH is 1. The Morgan fingerprint density at radius 2 is 1.55 bits per heavy atom. The van der Waals surface area contributed by atoms with Crippen LogP contribution < -0.4 is 17.2 Å². The molecule has 0 unspecified atom stereocenters. The molecule has 0 atom stereocenters. The summed E-state index contributed by atoms with van der Waals surface area (Å²) >= 11 is 0. The molecule has 0 saturated heterocycles. The molecule has 7 N–H and O–H groups in total. The van der Waals surface area contributed by atoms with Gasteiger partial charge in [0.1, 0.15) is 0 Å². The van der Waals surface area contributed by atoms with Crippen LogP contribution in [0, 0.1) is 0 Å². The van der Waals surface area contributed by atoms with Crippen LogP contribution in [0.15, 0.2) is 12.1 Å². The van der Waals surface area contributed by atoms with E-state index in [4.69, 9.17) is 22.3 Å². The fraction of sp³-hybridized carbons (Fsp3) is 0.143. The molecule has 60 valence electrons. The highest BCUT2D eigenvalue weighted by atomic mass is 16.3. The molecule has 0 bridgehead atoms. The smallest absolute Gasteiger partial charge is 0.0722 e. The summed E-state index contributed by atoms with van der Waals surface area (Å²) in [6.45, 7) is -0.155. The van der Waals surface area contributed by atoms with E-state index in [0.29, 0.717) is 22.6 Å². The molecule has 1 aromatic carbocycles. The van der Waals surface area contributed by atoms with Crippen molar-refractivity contribution in [1.82, 2.24) is 0 Å². The first-order valence-electron chi connectivity index (χ1n) is 3.19. The molecule has 0 aromatic heterocycles. The van der Waals surface area contributed by atoms with Gasteiger partial charge in [-0.1, -0.05) is 0 Å². The van der Waals surface area contributed by atoms with E-state index >= 15 is 0 Å². The summed E-state index contributed by atoms with van der Waals surface area (Å²) in [5.41, 5.74) is 18.4. The minimum absolute atomic E-state index is 0.155. The summed E-state index contributed by atoms with van der Waals surface area (Å²) in [5, 5.41) is 8.79. The summed E-state index contributed by atoms with van der Waals surface area (Å²) in [7, 11) is 0. The van der Waals surface area contributed by atoms with Crippen LogP contribution in [0.4, 0.5) is 17.1 Å². The Bertz CT molecular complexity index is 249. The van der Waals surface area contributed by atoms with Crippen LogP contribution in [-0.2, 0) is 6.61 Å². The lowest BCUT2D eigenvalue weighted by atomic mass is 10.1. The third-order valence-corrected chi connectivity index (χ3v) is 1.50. The standard InChI is InChI=1S/C7H11N3O/c8-4-1-6(9)5(3-11)7(10)2-4/h1-2,11H,3,8-10H2. The van der Waals surface area contributed by atoms with Gasteiger partial charge in [0.25, 0.3) is 0 Å². The minimum atomic E-state index is -0.155. The third kappa shape index (κ3) is 1.35. The molecule has 4 heteroatoms. The van der Waals surface area contributed by atoms with Crippen molar-refractivity contribution >= 4 is 17.1 Å². The Kier molecular flexibility index (Phi) is 1.87. The Morgan fingerprint density at radius 3 is 1.91 bits per heavy atom. The van der Waals surface area contributed by atoms with E-state index in [-0.39, 0.29) is 6.61 Å². The summed E-state index contributed by atoms with van der Waals surface area (Å²) in [6, 6.07) is 3.14. The maximum atomic E-state index is 8.79. The van der Waals surface area contributed by atoms with Crippen molar-refractivity contribution in [3.63, 3.8) is 0 Å². The molecule has 0 radical (unpaired) electrons. The largest absolute Gasteiger partial charge is 0.399 e. The number of nitrogens with two attached hydrogens (primary N) is 3. The zero-order valence-electron chi connectivity index (χ0n) is 6.04. The van der Waals surface area contributed by atoms with Crippen LogP contribution in [0.25, 0.3) is 0 Å². The van der Waals surface area contributed by atoms with Crippen molar-refractivity contribution in [2.45, 2.75) is 6.61 Å². The maximum Gasteiger partial charge on any atom is 0.0722 e. The SMILES string of the molecule is Nc1cc(N)c(CO)c(N)c1. The molecule has 0 fully saturated rings. The molecule has 1 aromatic rings. The van der Waals surface area contributed by atoms with Crippen LogP contribution in [0.2, 0.25) is 0 Å². The van der Waals surface area contributed by atoms with Gasteiger partial charge in [0, 0.05) is 22.6 Å². The van der Waals surface area contributed by atoms with Gasteiger partial charge >= 0.3 is 0 Å². The molecule has 4 nitrogen and oxygen atoms in total. The van der Waals surface area contributed by atoms with Gasteiger partial charge in [-0.3, -0.25) is 0 Å². The normalized spacial score (nSPS) is 9.91. The first-order valence-corrected chi connectivity index (χ1v) is 3.19. The molecule has 0 aliphatic carbocycles. The van der Waals surface area contributed by atoms with Gasteiger partial charge in [-0.05, 0) is 12.1 Å². The highest BCUT2D eigenvalue weighted by molar-refractivity contribution is 5.68. The van der Waals surface area contributed by atoms with Crippen LogP contribution >= 0.6 is 0 Å². The minimum Gasteiger partial charge on any atom is -0.399 e. The van der Waals surface area contributed by atoms with Crippen LogP contribution in [0.1, 0.15) is 5.56 Å². The highest BCUT2D eigenvalue weighted by Crippen LogP contribution is 2.22. The second-order valence-corrected chi connectivity index (χ2v) is 2.34. The van der Waals surface area contributed by atoms with Gasteiger partial charge in [0.05, 0.1) is 6.61 Å². The molecule has 0 spiro atoms. The number of anilines is 3. The van der Waals surface area contributed by atoms with Crippen LogP contribution in [0.3, 0.4) is 0 Å². The fourth-order valence-electron chi connectivity index (χ4n) is 0.924. The van der Waals surface area contributed by atoms with Gasteiger partial charge in [-0.15, -0.1) is 0 Å². The summed E-state index contributed by atoms with van der Waals surface area (Å²) in [4.78, 5) is 0. The number of hydrogen-bond donors (Lipinski definition) is 4. The molecule has 0 heterocycles. The Morgan fingerprint density at radius 1 is 1.09 bits per heavy atom. The lowest BCUT2D eigenvalue weighted by molar-refractivity contribution is 0.283. The summed E-state index contributed by atoms with van der Waals surface area (Å²) in [6.07, 6.45) is 0. The number of hydrogen-bond acceptors (Lipinski definition) is 4. The Balaban J connectivity index is 3.25. The first-order chi connectivity index (χ1) is 5.15. The second-order valence-electron chi connectivity index (χ2n) is 2.34. The number of rotatable bonds is 1. The molecule has 0 aliphatic heterocycles. The zero-order chi connectivity index (χ0) is 8.43. The van der Waals surface area contributed by atoms with E-state index in [2.05, 4.69) is 0 Å². The molecular formula is C7H11N3O. The molecule has 1 rings (SSSR count). The molecule has 0 amide bonds. The lowest BCUT2D eigenvalue weighted by Crippen LogP contribution is -2.01. The van der Waals surface area contributed by atoms with Crippen molar-refractivity contribution in [2.24, 2.45) is 0 Å². The second kappa shape index (κ2) is 2.67. The quantitative estimate of drug-likeness (QED) is 0.424. The van der Waals surface area contributed by atoms with Gasteiger partial charge in [-0.2, -0.15) is 0 Å². The first kappa shape index (κ1) is 7.68. The zero-order valence-corrected chi connectivity index (χ0v) is 6.04. The van der Waals surface area contributed by atoms with Crippen molar-refractivity contribution in [1.29, 1.82) is 0 Å². The molecule has 11 heavy (non-hydrogen) atoms. The number of benzene rings is 1. The predicted molar refractivity (Wildman–Crippen MR) is 45.6 cm³/mol. The van der Waals surface area contributed by atoms with Crippen molar-refractivity contribution in [2.75, 3.05) is 17.2 Å². The van der Waals surface area contributed by atoms with E-state index in [0.717, 1.165) is 0 Å². The average Bonchev–Trinajstić information content (AvgIpc) is 1.85. The van der Waals surface area contributed by atoms with E-state index in [1.807, 2.05) is 0 Å². The maximum absolute atomic E-state index is 8.79. The number of aliphatic hydroxyl groups is 1. The van der Waals surface area contributed by atoms with Crippen molar-refractivity contribution < 1.29 is 5.11 Å². The summed E-state index contributed by atoms with van der Waals surface area (Å²) in [5.74, 6) is 0. The van der Waals surface area contributed by atoms with Gasteiger partial charge in [0.2, 0.25) is 0 Å². The fourth-order valence-corrected chi connectivity index (χ4v) is 0.924. The third-order valence-electron chi connectivity index (χ3n) is 1.50. The topological polar surface area (TPSA) is 98.3 Å². The molecule has 0 saturated carbocycles. The predicted octanol–water partition coefficient (Wildman–Crippen LogP) is -0.0745. The van der Waals surface area contributed by atoms with Gasteiger partial charge in [-0.25, -0.2) is 0 Å². The van der Waals surface area contributed by atoms with Gasteiger partial charge in [0.15, 0.2) is 0 Å². The average molecular weight is 153 g/mol. The van der Waals surface area contributed by atoms with Gasteiger partial charge < -0.3 is 22.3 Å². The Labute approximate surface area is 64.6 Å². The Hall–Kier alpha value is -1.42. The highest BCUT2D eigenvalue weighted by Gasteiger charge is 2.02. The lowest BCUT2D eigenvalue weighted by Gasteiger charge is -2.06. The van der Waals surface area contributed by atoms with E-state index in [9.17, 15) is 0 Å². The van der Waals surface area contributed by atoms with Crippen LogP contribution in [0.5, 0.6) is 0 Å². The van der Waals surface area contributed by atoms with Crippen LogP contribution in [-0.4, -0.2) is 5.11 Å². The monoisotopic (exact) mass is 153 g/mol. The molecular weight excluding hydrogens is 142 g/mol. The summed E-state index contributed by atoms with van der Waals surface area (Å²) < 4.78 is 0. The van der Waals surface area contributed by atoms with E-state index in [1.54, 1.807) is 12.1 Å². The molecule has 0 aliphatic rings. The van der Waals surface area contributed by atoms with Crippen molar-refractivity contribution in [3.05, 3.63) is 17.7 Å². The van der Waals surface area contributed by atoms with Crippen molar-refractivity contribution in [3.8, 4) is 0 Å².